The second-order valence-corrected chi connectivity index (χ2v) is 9.53. The fourth-order valence-corrected chi connectivity index (χ4v) is 3.98. The Labute approximate surface area is 215 Å². The van der Waals surface area contributed by atoms with Crippen molar-refractivity contribution < 1.29 is 29.4 Å². The van der Waals surface area contributed by atoms with Crippen LogP contribution in [0.15, 0.2) is 30.5 Å². The van der Waals surface area contributed by atoms with Crippen LogP contribution < -0.4 is 21.7 Å². The van der Waals surface area contributed by atoms with Crippen LogP contribution in [0.3, 0.4) is 0 Å². The summed E-state index contributed by atoms with van der Waals surface area (Å²) in [5.74, 6) is -3.50. The Hall–Kier alpha value is -3.09. The highest BCUT2D eigenvalue weighted by Crippen LogP contribution is 2.19. The highest BCUT2D eigenvalue weighted by Gasteiger charge is 2.31. The van der Waals surface area contributed by atoms with Gasteiger partial charge in [-0.15, -0.1) is 0 Å². The number of fused-ring (bicyclic) bond motifs is 1. The molecule has 0 bridgehead atoms. The predicted octanol–water partition coefficient (Wildman–Crippen LogP) is -0.0666. The van der Waals surface area contributed by atoms with E-state index in [-0.39, 0.29) is 24.5 Å². The molecule has 1 aromatic heterocycles. The first-order valence-corrected chi connectivity index (χ1v) is 12.3. The topological polar surface area (TPSA) is 187 Å². The lowest BCUT2D eigenvalue weighted by Crippen LogP contribution is -2.59. The van der Waals surface area contributed by atoms with E-state index in [1.165, 1.54) is 6.92 Å². The van der Waals surface area contributed by atoms with Gasteiger partial charge in [0, 0.05) is 22.9 Å². The number of aliphatic carboxylic acids is 1. The number of thiol groups is 1. The first kappa shape index (κ1) is 29.1. The quantitative estimate of drug-likeness (QED) is 0.169. The maximum absolute atomic E-state index is 13.0. The number of aromatic amines is 1. The lowest BCUT2D eigenvalue weighted by molar-refractivity contribution is -0.145. The lowest BCUT2D eigenvalue weighted by atomic mass is 10.0. The van der Waals surface area contributed by atoms with Gasteiger partial charge in [-0.1, -0.05) is 32.0 Å². The van der Waals surface area contributed by atoms with Gasteiger partial charge < -0.3 is 36.9 Å². The highest BCUT2D eigenvalue weighted by molar-refractivity contribution is 7.80. The van der Waals surface area contributed by atoms with E-state index in [4.69, 9.17) is 5.73 Å². The van der Waals surface area contributed by atoms with Crippen LogP contribution in [-0.2, 0) is 25.6 Å². The summed E-state index contributed by atoms with van der Waals surface area (Å²) in [5.41, 5.74) is 7.95. The minimum absolute atomic E-state index is 0.0285. The summed E-state index contributed by atoms with van der Waals surface area (Å²) in [4.78, 5) is 52.8. The maximum Gasteiger partial charge on any atom is 0.328 e. The van der Waals surface area contributed by atoms with Crippen molar-refractivity contribution in [3.8, 4) is 0 Å². The number of aromatic nitrogens is 1. The van der Waals surface area contributed by atoms with Gasteiger partial charge in [-0.2, -0.15) is 12.6 Å². The molecule has 0 saturated carbocycles. The summed E-state index contributed by atoms with van der Waals surface area (Å²) in [6.07, 6.45) is 0.978. The second-order valence-electron chi connectivity index (χ2n) is 9.17. The largest absolute Gasteiger partial charge is 0.480 e. The van der Waals surface area contributed by atoms with Crippen molar-refractivity contribution in [3.63, 3.8) is 0 Å². The molecule has 8 N–H and O–H groups in total. The molecule has 198 valence electrons. The van der Waals surface area contributed by atoms with Gasteiger partial charge in [0.15, 0.2) is 6.04 Å². The van der Waals surface area contributed by atoms with E-state index in [1.54, 1.807) is 6.20 Å². The highest BCUT2D eigenvalue weighted by atomic mass is 32.1. The molecule has 0 radical (unpaired) electrons. The molecule has 3 amide bonds. The van der Waals surface area contributed by atoms with Crippen LogP contribution in [0.4, 0.5) is 0 Å². The van der Waals surface area contributed by atoms with Gasteiger partial charge in [0.2, 0.25) is 17.7 Å². The molecule has 0 saturated heterocycles. The number of benzene rings is 1. The molecule has 2 rings (SSSR count). The number of carbonyl (C=O) groups is 4. The van der Waals surface area contributed by atoms with E-state index in [1.807, 2.05) is 38.1 Å². The SMILES string of the molecule is CC(C)CC(NC(=O)C(N)Cc1c[nH]c2ccccc12)C(=O)NC(CS)C(=O)NC(C(=O)O)C(C)O. The standard InChI is InChI=1S/C24H35N5O6S/c1-12(2)8-18(22(32)28-19(11-36)23(33)29-20(13(3)30)24(34)35)27-21(31)16(25)9-14-10-26-17-7-5-4-6-15(14)17/h4-7,10,12-13,16,18-20,26,30,36H,8-9,11,25H2,1-3H3,(H,27,31)(H,28,32)(H,29,33)(H,34,35). The Bertz CT molecular complexity index is 1070. The summed E-state index contributed by atoms with van der Waals surface area (Å²) in [5, 5.41) is 27.1. The normalized spacial score (nSPS) is 15.5. The molecule has 5 atom stereocenters. The summed E-state index contributed by atoms with van der Waals surface area (Å²) in [6, 6.07) is 3.00. The smallest absolute Gasteiger partial charge is 0.328 e. The fraction of sp³-hybridized carbons (Fsp3) is 0.500. The van der Waals surface area contributed by atoms with Gasteiger partial charge in [-0.25, -0.2) is 4.79 Å². The number of hydrogen-bond donors (Lipinski definition) is 8. The van der Waals surface area contributed by atoms with Crippen LogP contribution in [-0.4, -0.2) is 74.9 Å². The minimum Gasteiger partial charge on any atom is -0.480 e. The Balaban J connectivity index is 2.07. The lowest BCUT2D eigenvalue weighted by Gasteiger charge is -2.25. The molecule has 5 unspecified atom stereocenters. The molecule has 0 aliphatic rings. The van der Waals surface area contributed by atoms with Gasteiger partial charge in [-0.05, 0) is 37.3 Å². The van der Waals surface area contributed by atoms with Crippen LogP contribution in [0.1, 0.15) is 32.8 Å². The number of nitrogens with one attached hydrogen (secondary N) is 4. The van der Waals surface area contributed by atoms with E-state index in [0.29, 0.717) is 0 Å². The van der Waals surface area contributed by atoms with E-state index in [9.17, 15) is 29.4 Å². The summed E-state index contributed by atoms with van der Waals surface area (Å²) in [6.45, 7) is 4.98. The first-order chi connectivity index (χ1) is 16.9. The third-order valence-corrected chi connectivity index (χ3v) is 6.02. The second kappa shape index (κ2) is 13.3. The molecular weight excluding hydrogens is 486 g/mol. The molecule has 0 fully saturated rings. The van der Waals surface area contributed by atoms with Crippen LogP contribution in [0.5, 0.6) is 0 Å². The fourth-order valence-electron chi connectivity index (χ4n) is 3.72. The van der Waals surface area contributed by atoms with Crippen molar-refractivity contribution in [2.45, 2.75) is 63.9 Å². The first-order valence-electron chi connectivity index (χ1n) is 11.7. The molecular formula is C24H35N5O6S. The van der Waals surface area contributed by atoms with Crippen LogP contribution in [0.2, 0.25) is 0 Å². The molecule has 12 heteroatoms. The van der Waals surface area contributed by atoms with Gasteiger partial charge in [0.25, 0.3) is 0 Å². The zero-order valence-electron chi connectivity index (χ0n) is 20.5. The summed E-state index contributed by atoms with van der Waals surface area (Å²) < 4.78 is 0. The Morgan fingerprint density at radius 2 is 1.61 bits per heavy atom. The average Bonchev–Trinajstić information content (AvgIpc) is 3.22. The molecule has 1 heterocycles. The number of carboxylic acids is 1. The van der Waals surface area contributed by atoms with E-state index >= 15 is 0 Å². The predicted molar refractivity (Wildman–Crippen MR) is 138 cm³/mol. The zero-order valence-corrected chi connectivity index (χ0v) is 21.4. The number of carbonyl (C=O) groups excluding carboxylic acids is 3. The average molecular weight is 522 g/mol. The number of carboxylic acid groups (broad SMARTS) is 1. The minimum atomic E-state index is -1.55. The molecule has 2 aromatic rings. The number of H-pyrrole nitrogens is 1. The number of aliphatic hydroxyl groups is 1. The van der Waals surface area contributed by atoms with E-state index in [0.717, 1.165) is 16.5 Å². The van der Waals surface area contributed by atoms with Gasteiger partial charge in [0.05, 0.1) is 12.1 Å². The third kappa shape index (κ3) is 7.97. The van der Waals surface area contributed by atoms with Crippen LogP contribution in [0.25, 0.3) is 10.9 Å². The Kier molecular flexibility index (Phi) is 10.8. The van der Waals surface area contributed by atoms with Crippen LogP contribution in [0, 0.1) is 5.92 Å². The number of nitrogens with two attached hydrogens (primary N) is 1. The Morgan fingerprint density at radius 1 is 1.00 bits per heavy atom. The number of rotatable bonds is 13. The molecule has 11 nitrogen and oxygen atoms in total. The third-order valence-electron chi connectivity index (χ3n) is 5.65. The molecule has 0 spiro atoms. The van der Waals surface area contributed by atoms with Crippen molar-refractivity contribution in [1.82, 2.24) is 20.9 Å². The molecule has 36 heavy (non-hydrogen) atoms. The maximum atomic E-state index is 13.0. The van der Waals surface area contributed by atoms with Crippen molar-refractivity contribution >= 4 is 47.2 Å². The van der Waals surface area contributed by atoms with Crippen LogP contribution >= 0.6 is 12.6 Å². The summed E-state index contributed by atoms with van der Waals surface area (Å²) in [7, 11) is 0. The zero-order chi connectivity index (χ0) is 27.0. The molecule has 1 aromatic carbocycles. The number of para-hydroxylation sites is 1. The van der Waals surface area contributed by atoms with E-state index in [2.05, 4.69) is 33.6 Å². The van der Waals surface area contributed by atoms with Crippen molar-refractivity contribution in [2.24, 2.45) is 11.7 Å². The number of hydrogen-bond acceptors (Lipinski definition) is 7. The number of amides is 3. The van der Waals surface area contributed by atoms with Crippen molar-refractivity contribution in [2.75, 3.05) is 5.75 Å². The van der Waals surface area contributed by atoms with E-state index < -0.39 is 54.0 Å². The Morgan fingerprint density at radius 3 is 2.19 bits per heavy atom. The number of aliphatic hydroxyl groups excluding tert-OH is 1. The van der Waals surface area contributed by atoms with Gasteiger partial charge >= 0.3 is 5.97 Å². The van der Waals surface area contributed by atoms with Gasteiger partial charge in [0.1, 0.15) is 12.1 Å². The molecule has 0 aliphatic heterocycles. The monoisotopic (exact) mass is 521 g/mol. The van der Waals surface area contributed by atoms with Crippen molar-refractivity contribution in [1.29, 1.82) is 0 Å². The molecule has 0 aliphatic carbocycles. The van der Waals surface area contributed by atoms with Crippen molar-refractivity contribution in [3.05, 3.63) is 36.0 Å². The summed E-state index contributed by atoms with van der Waals surface area (Å²) >= 11 is 4.08. The van der Waals surface area contributed by atoms with Gasteiger partial charge in [-0.3, -0.25) is 14.4 Å².